The molecule has 0 saturated heterocycles. The summed E-state index contributed by atoms with van der Waals surface area (Å²) in [6, 6.07) is 7.58. The van der Waals surface area contributed by atoms with Gasteiger partial charge in [0.1, 0.15) is 0 Å². The van der Waals surface area contributed by atoms with Crippen molar-refractivity contribution in [1.82, 2.24) is 5.32 Å². The molecule has 4 heteroatoms. The molecular weight excluding hydrogens is 246 g/mol. The predicted octanol–water partition coefficient (Wildman–Crippen LogP) is 2.30. The fraction of sp³-hybridized carbons (Fsp3) is 0.500. The number of benzene rings is 1. The van der Waals surface area contributed by atoms with Gasteiger partial charge in [0, 0.05) is 22.9 Å². The van der Waals surface area contributed by atoms with Gasteiger partial charge in [-0.25, -0.2) is 0 Å². The summed E-state index contributed by atoms with van der Waals surface area (Å²) >= 11 is 1.66. The lowest BCUT2D eigenvalue weighted by atomic mass is 10.1. The fourth-order valence-electron chi connectivity index (χ4n) is 2.32. The van der Waals surface area contributed by atoms with Crippen molar-refractivity contribution >= 4 is 17.7 Å². The van der Waals surface area contributed by atoms with E-state index in [2.05, 4.69) is 5.32 Å². The minimum Gasteiger partial charge on any atom is -0.393 e. The molecule has 3 nitrogen and oxygen atoms in total. The van der Waals surface area contributed by atoms with Gasteiger partial charge < -0.3 is 10.4 Å². The van der Waals surface area contributed by atoms with E-state index in [1.165, 1.54) is 0 Å². The van der Waals surface area contributed by atoms with Crippen LogP contribution >= 0.6 is 11.8 Å². The van der Waals surface area contributed by atoms with Gasteiger partial charge in [-0.15, -0.1) is 11.8 Å². The Bertz CT molecular complexity index is 405. The molecule has 0 aliphatic heterocycles. The van der Waals surface area contributed by atoms with Crippen LogP contribution < -0.4 is 5.32 Å². The van der Waals surface area contributed by atoms with Gasteiger partial charge in [0.05, 0.1) is 6.10 Å². The average molecular weight is 265 g/mol. The van der Waals surface area contributed by atoms with Crippen molar-refractivity contribution in [3.63, 3.8) is 0 Å². The van der Waals surface area contributed by atoms with Gasteiger partial charge in [0.2, 0.25) is 0 Å². The molecule has 1 amide bonds. The number of hydrogen-bond donors (Lipinski definition) is 2. The monoisotopic (exact) mass is 265 g/mol. The molecule has 1 aliphatic rings. The molecule has 0 radical (unpaired) electrons. The summed E-state index contributed by atoms with van der Waals surface area (Å²) in [5.74, 6) is 0.168. The number of aliphatic hydroxyl groups excluding tert-OH is 1. The summed E-state index contributed by atoms with van der Waals surface area (Å²) in [5, 5.41) is 12.6. The van der Waals surface area contributed by atoms with Crippen molar-refractivity contribution in [1.29, 1.82) is 0 Å². The zero-order chi connectivity index (χ0) is 13.0. The standard InChI is InChI=1S/C14H19NO2S/c1-18-12-7-5-10(6-8-12)14(17)15-9-11-3-2-4-13(11)16/h5-8,11,13,16H,2-4,9H2,1H3,(H,15,17). The second kappa shape index (κ2) is 6.25. The highest BCUT2D eigenvalue weighted by atomic mass is 32.2. The predicted molar refractivity (Wildman–Crippen MR) is 73.9 cm³/mol. The lowest BCUT2D eigenvalue weighted by molar-refractivity contribution is 0.0916. The van der Waals surface area contributed by atoms with Crippen LogP contribution in [0, 0.1) is 5.92 Å². The Labute approximate surface area is 112 Å². The molecule has 2 rings (SSSR count). The molecule has 1 aromatic rings. The molecule has 18 heavy (non-hydrogen) atoms. The summed E-state index contributed by atoms with van der Waals surface area (Å²) in [6.07, 6.45) is 4.69. The maximum atomic E-state index is 11.9. The number of rotatable bonds is 4. The fourth-order valence-corrected chi connectivity index (χ4v) is 2.73. The Kier molecular flexibility index (Phi) is 4.66. The SMILES string of the molecule is CSc1ccc(C(=O)NCC2CCCC2O)cc1. The summed E-state index contributed by atoms with van der Waals surface area (Å²) in [6.45, 7) is 0.574. The van der Waals surface area contributed by atoms with E-state index in [4.69, 9.17) is 0 Å². The van der Waals surface area contributed by atoms with Crippen LogP contribution in [0.25, 0.3) is 0 Å². The van der Waals surface area contributed by atoms with Crippen LogP contribution in [0.4, 0.5) is 0 Å². The minimum atomic E-state index is -0.246. The Morgan fingerprint density at radius 2 is 2.11 bits per heavy atom. The molecular formula is C14H19NO2S. The maximum absolute atomic E-state index is 11.9. The molecule has 1 fully saturated rings. The highest BCUT2D eigenvalue weighted by molar-refractivity contribution is 7.98. The van der Waals surface area contributed by atoms with Crippen molar-refractivity contribution in [2.24, 2.45) is 5.92 Å². The molecule has 2 unspecified atom stereocenters. The Morgan fingerprint density at radius 1 is 1.39 bits per heavy atom. The lowest BCUT2D eigenvalue weighted by Gasteiger charge is -2.15. The van der Waals surface area contributed by atoms with E-state index in [9.17, 15) is 9.90 Å². The highest BCUT2D eigenvalue weighted by Crippen LogP contribution is 2.24. The average Bonchev–Trinajstić information content (AvgIpc) is 2.81. The molecule has 0 bridgehead atoms. The molecule has 0 heterocycles. The van der Waals surface area contributed by atoms with Crippen LogP contribution in [-0.4, -0.2) is 29.9 Å². The molecule has 1 aliphatic carbocycles. The molecule has 1 aromatic carbocycles. The Morgan fingerprint density at radius 3 is 2.67 bits per heavy atom. The summed E-state index contributed by atoms with van der Waals surface area (Å²) in [4.78, 5) is 13.1. The smallest absolute Gasteiger partial charge is 0.251 e. The van der Waals surface area contributed by atoms with Crippen molar-refractivity contribution in [3.05, 3.63) is 29.8 Å². The van der Waals surface area contributed by atoms with E-state index in [1.807, 2.05) is 30.5 Å². The lowest BCUT2D eigenvalue weighted by Crippen LogP contribution is -2.32. The third-order valence-electron chi connectivity index (χ3n) is 3.50. The van der Waals surface area contributed by atoms with E-state index in [0.717, 1.165) is 24.2 Å². The summed E-state index contributed by atoms with van der Waals surface area (Å²) in [5.41, 5.74) is 0.681. The van der Waals surface area contributed by atoms with E-state index in [-0.39, 0.29) is 17.9 Å². The number of aliphatic hydroxyl groups is 1. The number of amides is 1. The third kappa shape index (κ3) is 3.27. The van der Waals surface area contributed by atoms with Gasteiger partial charge in [-0.3, -0.25) is 4.79 Å². The first-order chi connectivity index (χ1) is 8.70. The van der Waals surface area contributed by atoms with Crippen LogP contribution in [0.2, 0.25) is 0 Å². The largest absolute Gasteiger partial charge is 0.393 e. The first-order valence-corrected chi connectivity index (χ1v) is 7.53. The van der Waals surface area contributed by atoms with E-state index < -0.39 is 0 Å². The number of nitrogens with one attached hydrogen (secondary N) is 1. The zero-order valence-electron chi connectivity index (χ0n) is 10.6. The quantitative estimate of drug-likeness (QED) is 0.821. The second-order valence-corrected chi connectivity index (χ2v) is 5.58. The van der Waals surface area contributed by atoms with Gasteiger partial charge in [-0.1, -0.05) is 6.42 Å². The van der Waals surface area contributed by atoms with Gasteiger partial charge in [-0.05, 0) is 43.4 Å². The number of thioether (sulfide) groups is 1. The van der Waals surface area contributed by atoms with Crippen LogP contribution in [0.5, 0.6) is 0 Å². The topological polar surface area (TPSA) is 49.3 Å². The molecule has 1 saturated carbocycles. The van der Waals surface area contributed by atoms with Crippen molar-refractivity contribution in [2.75, 3.05) is 12.8 Å². The molecule has 2 N–H and O–H groups in total. The second-order valence-electron chi connectivity index (χ2n) is 4.70. The molecule has 0 spiro atoms. The summed E-state index contributed by atoms with van der Waals surface area (Å²) in [7, 11) is 0. The number of carbonyl (C=O) groups excluding carboxylic acids is 1. The van der Waals surface area contributed by atoms with Crippen LogP contribution in [0.1, 0.15) is 29.6 Å². The number of hydrogen-bond acceptors (Lipinski definition) is 3. The van der Waals surface area contributed by atoms with Gasteiger partial charge in [0.15, 0.2) is 0 Å². The van der Waals surface area contributed by atoms with Crippen molar-refractivity contribution in [2.45, 2.75) is 30.3 Å². The minimum absolute atomic E-state index is 0.0539. The maximum Gasteiger partial charge on any atom is 0.251 e. The van der Waals surface area contributed by atoms with Crippen LogP contribution in [-0.2, 0) is 0 Å². The van der Waals surface area contributed by atoms with E-state index in [1.54, 1.807) is 11.8 Å². The van der Waals surface area contributed by atoms with Gasteiger partial charge in [0.25, 0.3) is 5.91 Å². The molecule has 2 atom stereocenters. The Hall–Kier alpha value is -1.00. The zero-order valence-corrected chi connectivity index (χ0v) is 11.4. The molecule has 98 valence electrons. The van der Waals surface area contributed by atoms with Crippen LogP contribution in [0.3, 0.4) is 0 Å². The van der Waals surface area contributed by atoms with Gasteiger partial charge >= 0.3 is 0 Å². The normalized spacial score (nSPS) is 23.0. The van der Waals surface area contributed by atoms with E-state index in [0.29, 0.717) is 12.1 Å². The summed E-state index contributed by atoms with van der Waals surface area (Å²) < 4.78 is 0. The highest BCUT2D eigenvalue weighted by Gasteiger charge is 2.25. The van der Waals surface area contributed by atoms with Crippen molar-refractivity contribution in [3.8, 4) is 0 Å². The van der Waals surface area contributed by atoms with Crippen LogP contribution in [0.15, 0.2) is 29.2 Å². The van der Waals surface area contributed by atoms with Crippen molar-refractivity contribution < 1.29 is 9.90 Å². The molecule has 0 aromatic heterocycles. The first-order valence-electron chi connectivity index (χ1n) is 6.31. The van der Waals surface area contributed by atoms with E-state index >= 15 is 0 Å². The first kappa shape index (κ1) is 13.4. The third-order valence-corrected chi connectivity index (χ3v) is 4.24. The number of carbonyl (C=O) groups is 1. The Balaban J connectivity index is 1.87. The van der Waals surface area contributed by atoms with Gasteiger partial charge in [-0.2, -0.15) is 0 Å².